The van der Waals surface area contributed by atoms with E-state index >= 15 is 0 Å². The Kier molecular flexibility index (Phi) is 13.8. The van der Waals surface area contributed by atoms with E-state index in [2.05, 4.69) is 26.7 Å². The molecule has 0 aliphatic carbocycles. The Morgan fingerprint density at radius 3 is 2.52 bits per heavy atom. The van der Waals surface area contributed by atoms with Crippen LogP contribution in [0.5, 0.6) is 0 Å². The fourth-order valence-electron chi connectivity index (χ4n) is 6.90. The molecule has 4 unspecified atom stereocenters. The van der Waals surface area contributed by atoms with Gasteiger partial charge in [0.05, 0.1) is 79.3 Å². The zero-order chi connectivity index (χ0) is 33.3. The first-order valence-corrected chi connectivity index (χ1v) is 18.0. The van der Waals surface area contributed by atoms with Gasteiger partial charge >= 0.3 is 0 Å². The number of benzene rings is 1. The molecule has 4 rings (SSSR count). The molecule has 0 spiro atoms. The molecular formula is C36H52O9S. The molecule has 9 nitrogen and oxygen atoms in total. The Labute approximate surface area is 274 Å². The summed E-state index contributed by atoms with van der Waals surface area (Å²) in [6, 6.07) is 8.37. The van der Waals surface area contributed by atoms with Crippen LogP contribution in [-0.4, -0.2) is 100 Å². The molecule has 10 heteroatoms. The lowest BCUT2D eigenvalue weighted by Crippen LogP contribution is -2.40. The Morgan fingerprint density at radius 2 is 1.83 bits per heavy atom. The van der Waals surface area contributed by atoms with Crippen LogP contribution in [0.15, 0.2) is 84.3 Å². The molecule has 3 aliphatic heterocycles. The van der Waals surface area contributed by atoms with E-state index in [0.717, 1.165) is 36.8 Å². The highest BCUT2D eigenvalue weighted by molar-refractivity contribution is 7.91. The summed E-state index contributed by atoms with van der Waals surface area (Å²) in [6.07, 6.45) is 6.34. The lowest BCUT2D eigenvalue weighted by molar-refractivity contribution is -0.0785. The third-order valence-electron chi connectivity index (χ3n) is 9.39. The van der Waals surface area contributed by atoms with E-state index in [1.807, 2.05) is 12.2 Å². The molecule has 1 aromatic rings. The van der Waals surface area contributed by atoms with E-state index in [9.17, 15) is 18.6 Å². The minimum absolute atomic E-state index is 0.0156. The fourth-order valence-corrected chi connectivity index (χ4v) is 8.57. The van der Waals surface area contributed by atoms with E-state index in [0.29, 0.717) is 19.6 Å². The standard InChI is InChI=1S/C36H52O9S/c1-6-16-42-17-10-11-28-19-25(3)32(43-28)15-14-29-18-24(2)26(4)33(44-29)21-34-31(23-46(39,40)30-12-8-7-9-13-30)36(41-5)35(45-34)20-27(38)22-37/h6-13,24,27-29,31-38H,1,3-4,14-23H2,2,5H3/b11-10+/t24-,27+,28+,29+,31?,32+,33?,34?,35?,36-/m1/s1. The minimum atomic E-state index is -3.66. The summed E-state index contributed by atoms with van der Waals surface area (Å²) >= 11 is 0. The van der Waals surface area contributed by atoms with Crippen molar-refractivity contribution in [2.75, 3.05) is 32.7 Å². The maximum absolute atomic E-state index is 13.5. The number of methoxy groups -OCH3 is 1. The summed E-state index contributed by atoms with van der Waals surface area (Å²) in [5, 5.41) is 19.7. The van der Waals surface area contributed by atoms with E-state index in [1.165, 1.54) is 7.11 Å². The molecule has 0 saturated carbocycles. The van der Waals surface area contributed by atoms with Gasteiger partial charge in [-0.05, 0) is 48.5 Å². The van der Waals surface area contributed by atoms with Crippen LogP contribution in [0.1, 0.15) is 45.4 Å². The number of aliphatic hydroxyl groups is 2. The van der Waals surface area contributed by atoms with Crippen LogP contribution >= 0.6 is 0 Å². The van der Waals surface area contributed by atoms with Gasteiger partial charge in [0.25, 0.3) is 0 Å². The van der Waals surface area contributed by atoms with Crippen molar-refractivity contribution < 1.29 is 42.3 Å². The summed E-state index contributed by atoms with van der Waals surface area (Å²) in [7, 11) is -2.14. The van der Waals surface area contributed by atoms with Crippen LogP contribution in [-0.2, 0) is 33.5 Å². The molecule has 10 atom stereocenters. The summed E-state index contributed by atoms with van der Waals surface area (Å²) < 4.78 is 57.6. The molecule has 256 valence electrons. The molecule has 3 saturated heterocycles. The zero-order valence-corrected chi connectivity index (χ0v) is 28.1. The summed E-state index contributed by atoms with van der Waals surface area (Å²) in [6.45, 7) is 15.0. The van der Waals surface area contributed by atoms with E-state index in [4.69, 9.17) is 23.7 Å². The molecule has 0 bridgehead atoms. The van der Waals surface area contributed by atoms with Gasteiger partial charge in [0.1, 0.15) is 0 Å². The molecule has 3 fully saturated rings. The van der Waals surface area contributed by atoms with Crippen LogP contribution in [0.3, 0.4) is 0 Å². The van der Waals surface area contributed by atoms with Crippen LogP contribution in [0, 0.1) is 11.8 Å². The molecule has 0 amide bonds. The average Bonchev–Trinajstić information content (AvgIpc) is 3.55. The summed E-state index contributed by atoms with van der Waals surface area (Å²) in [5.74, 6) is -0.484. The van der Waals surface area contributed by atoms with Gasteiger partial charge in [0, 0.05) is 32.3 Å². The van der Waals surface area contributed by atoms with Crippen molar-refractivity contribution in [2.45, 2.75) is 99.2 Å². The second kappa shape index (κ2) is 17.3. The predicted octanol–water partition coefficient (Wildman–Crippen LogP) is 4.59. The fraction of sp³-hybridized carbons (Fsp3) is 0.611. The Bertz CT molecular complexity index is 1280. The van der Waals surface area contributed by atoms with Gasteiger partial charge in [-0.25, -0.2) is 8.42 Å². The third kappa shape index (κ3) is 9.70. The van der Waals surface area contributed by atoms with Crippen molar-refractivity contribution in [1.29, 1.82) is 0 Å². The molecule has 46 heavy (non-hydrogen) atoms. The Morgan fingerprint density at radius 1 is 1.07 bits per heavy atom. The second-order valence-corrected chi connectivity index (χ2v) is 14.8. The van der Waals surface area contributed by atoms with E-state index < -0.39 is 46.8 Å². The molecular weight excluding hydrogens is 608 g/mol. The number of hydrogen-bond acceptors (Lipinski definition) is 9. The van der Waals surface area contributed by atoms with Crippen molar-refractivity contribution in [3.05, 3.63) is 79.4 Å². The Hall–Kier alpha value is -2.15. The van der Waals surface area contributed by atoms with Crippen molar-refractivity contribution in [3.63, 3.8) is 0 Å². The maximum Gasteiger partial charge on any atom is 0.178 e. The van der Waals surface area contributed by atoms with Crippen LogP contribution in [0.2, 0.25) is 0 Å². The predicted molar refractivity (Wildman–Crippen MR) is 177 cm³/mol. The molecule has 0 aromatic heterocycles. The normalized spacial score (nSPS) is 32.7. The number of rotatable bonds is 17. The summed E-state index contributed by atoms with van der Waals surface area (Å²) in [5.41, 5.74) is 2.04. The number of ether oxygens (including phenoxy) is 5. The number of hydrogen-bond donors (Lipinski definition) is 2. The van der Waals surface area contributed by atoms with Crippen molar-refractivity contribution in [2.24, 2.45) is 11.8 Å². The first kappa shape index (κ1) is 36.7. The van der Waals surface area contributed by atoms with Crippen LogP contribution < -0.4 is 0 Å². The third-order valence-corrected chi connectivity index (χ3v) is 11.2. The largest absolute Gasteiger partial charge is 0.394 e. The van der Waals surface area contributed by atoms with Crippen molar-refractivity contribution >= 4 is 9.84 Å². The van der Waals surface area contributed by atoms with Gasteiger partial charge < -0.3 is 33.9 Å². The minimum Gasteiger partial charge on any atom is -0.394 e. The monoisotopic (exact) mass is 660 g/mol. The molecule has 3 heterocycles. The topological polar surface area (TPSA) is 121 Å². The SMILES string of the molecule is C=CCOC/C=C/[C@H]1CC(=C)[C@H](CC[C@H]2C[C@@H](C)C(=C)C(CC3OC(C[C@H](O)CO)[C@H](OC)C3CS(=O)(=O)c3ccccc3)O2)O1. The van der Waals surface area contributed by atoms with Crippen LogP contribution in [0.4, 0.5) is 0 Å². The Balaban J connectivity index is 1.42. The van der Waals surface area contributed by atoms with E-state index in [-0.39, 0.29) is 47.4 Å². The highest BCUT2D eigenvalue weighted by Crippen LogP contribution is 2.41. The van der Waals surface area contributed by atoms with Crippen molar-refractivity contribution in [3.8, 4) is 0 Å². The molecule has 3 aliphatic rings. The zero-order valence-electron chi connectivity index (χ0n) is 27.2. The average molecular weight is 661 g/mol. The van der Waals surface area contributed by atoms with Crippen molar-refractivity contribution in [1.82, 2.24) is 0 Å². The second-order valence-electron chi connectivity index (χ2n) is 12.8. The van der Waals surface area contributed by atoms with Gasteiger partial charge in [-0.15, -0.1) is 6.58 Å². The number of sulfone groups is 1. The highest BCUT2D eigenvalue weighted by atomic mass is 32.2. The van der Waals surface area contributed by atoms with Gasteiger partial charge in [-0.3, -0.25) is 0 Å². The van der Waals surface area contributed by atoms with E-state index in [1.54, 1.807) is 36.4 Å². The molecule has 0 radical (unpaired) electrons. The maximum atomic E-state index is 13.5. The summed E-state index contributed by atoms with van der Waals surface area (Å²) in [4.78, 5) is 0.240. The lowest BCUT2D eigenvalue weighted by atomic mass is 9.83. The quantitative estimate of drug-likeness (QED) is 0.183. The first-order valence-electron chi connectivity index (χ1n) is 16.3. The van der Waals surface area contributed by atoms with Gasteiger partial charge in [0.2, 0.25) is 0 Å². The van der Waals surface area contributed by atoms with Gasteiger partial charge in [-0.1, -0.05) is 56.5 Å². The number of aliphatic hydroxyl groups excluding tert-OH is 2. The van der Waals surface area contributed by atoms with Crippen LogP contribution in [0.25, 0.3) is 0 Å². The molecule has 1 aromatic carbocycles. The highest BCUT2D eigenvalue weighted by Gasteiger charge is 2.49. The van der Waals surface area contributed by atoms with Gasteiger partial charge in [-0.2, -0.15) is 0 Å². The lowest BCUT2D eigenvalue weighted by Gasteiger charge is -2.38. The molecule has 2 N–H and O–H groups in total. The smallest absolute Gasteiger partial charge is 0.178 e. The first-order chi connectivity index (χ1) is 22.1. The van der Waals surface area contributed by atoms with Gasteiger partial charge in [0.15, 0.2) is 9.84 Å².